The van der Waals surface area contributed by atoms with Gasteiger partial charge in [0.2, 0.25) is 0 Å². The molecule has 1 heterocycles. The molecule has 31 heavy (non-hydrogen) atoms. The van der Waals surface area contributed by atoms with Gasteiger partial charge in [-0.05, 0) is 63.3 Å². The third-order valence-electron chi connectivity index (χ3n) is 4.35. The van der Waals surface area contributed by atoms with E-state index in [9.17, 15) is 22.8 Å². The van der Waals surface area contributed by atoms with Crippen molar-refractivity contribution in [2.75, 3.05) is 19.7 Å². The van der Waals surface area contributed by atoms with Crippen LogP contribution in [0.25, 0.3) is 6.08 Å². The van der Waals surface area contributed by atoms with E-state index >= 15 is 0 Å². The second kappa shape index (κ2) is 9.93. The molecule has 1 amide bonds. The number of halogens is 3. The predicted octanol–water partition coefficient (Wildman–Crippen LogP) is 4.71. The van der Waals surface area contributed by atoms with Gasteiger partial charge in [-0.1, -0.05) is 6.07 Å². The highest BCUT2D eigenvalue weighted by Gasteiger charge is 2.33. The summed E-state index contributed by atoms with van der Waals surface area (Å²) in [5.41, 5.74) is -0.364. The molecule has 0 atom stereocenters. The SMILES string of the molecule is CC(C)(C)OC(=O)N1CCC(COc2ccc(/C=C/C(=O)O)cc2OC(F)(F)F)CC1. The first-order valence-corrected chi connectivity index (χ1v) is 9.74. The molecule has 10 heteroatoms. The van der Waals surface area contributed by atoms with Gasteiger partial charge in [-0.15, -0.1) is 13.2 Å². The van der Waals surface area contributed by atoms with Gasteiger partial charge in [0.05, 0.1) is 6.61 Å². The van der Waals surface area contributed by atoms with E-state index in [2.05, 4.69) is 4.74 Å². The smallest absolute Gasteiger partial charge is 0.489 e. The van der Waals surface area contributed by atoms with Crippen molar-refractivity contribution in [2.45, 2.75) is 45.6 Å². The lowest BCUT2D eigenvalue weighted by Gasteiger charge is -2.33. The third kappa shape index (κ3) is 8.77. The van der Waals surface area contributed by atoms with Crippen molar-refractivity contribution >= 4 is 18.1 Å². The molecule has 1 aliphatic rings. The van der Waals surface area contributed by atoms with Crippen molar-refractivity contribution in [1.82, 2.24) is 4.90 Å². The number of likely N-dealkylation sites (tertiary alicyclic amines) is 1. The summed E-state index contributed by atoms with van der Waals surface area (Å²) < 4.78 is 53.2. The molecule has 1 aliphatic heterocycles. The van der Waals surface area contributed by atoms with Gasteiger partial charge in [0, 0.05) is 19.2 Å². The maximum atomic E-state index is 12.8. The number of carboxylic acid groups (broad SMARTS) is 1. The van der Waals surface area contributed by atoms with Crippen LogP contribution in [0.2, 0.25) is 0 Å². The molecule has 0 saturated carbocycles. The first-order valence-electron chi connectivity index (χ1n) is 9.74. The predicted molar refractivity (Wildman–Crippen MR) is 106 cm³/mol. The van der Waals surface area contributed by atoms with Crippen LogP contribution in [0.15, 0.2) is 24.3 Å². The number of rotatable bonds is 6. The van der Waals surface area contributed by atoms with E-state index < -0.39 is 29.8 Å². The Kier molecular flexibility index (Phi) is 7.80. The number of aliphatic carboxylic acids is 1. The number of amides is 1. The van der Waals surface area contributed by atoms with Crippen LogP contribution in [0, 0.1) is 5.92 Å². The van der Waals surface area contributed by atoms with Crippen molar-refractivity contribution in [3.8, 4) is 11.5 Å². The summed E-state index contributed by atoms with van der Waals surface area (Å²) in [6.45, 7) is 6.45. The minimum atomic E-state index is -4.92. The Morgan fingerprint density at radius 3 is 2.35 bits per heavy atom. The number of piperidine rings is 1. The molecular formula is C21H26F3NO6. The number of alkyl halides is 3. The zero-order chi connectivity index (χ0) is 23.2. The first kappa shape index (κ1) is 24.4. The van der Waals surface area contributed by atoms with E-state index in [1.165, 1.54) is 12.1 Å². The van der Waals surface area contributed by atoms with E-state index in [1.807, 2.05) is 0 Å². The lowest BCUT2D eigenvalue weighted by atomic mass is 9.98. The number of hydrogen-bond acceptors (Lipinski definition) is 5. The summed E-state index contributed by atoms with van der Waals surface area (Å²) in [5.74, 6) is -1.83. The molecule has 0 radical (unpaired) electrons. The topological polar surface area (TPSA) is 85.3 Å². The minimum absolute atomic E-state index is 0.0454. The quantitative estimate of drug-likeness (QED) is 0.639. The molecular weight excluding hydrogens is 419 g/mol. The van der Waals surface area contributed by atoms with E-state index in [0.29, 0.717) is 25.9 Å². The Morgan fingerprint density at radius 1 is 1.16 bits per heavy atom. The number of ether oxygens (including phenoxy) is 3. The van der Waals surface area contributed by atoms with Crippen LogP contribution in [0.3, 0.4) is 0 Å². The summed E-state index contributed by atoms with van der Waals surface area (Å²) in [4.78, 5) is 24.3. The van der Waals surface area contributed by atoms with Gasteiger partial charge in [-0.3, -0.25) is 0 Å². The Morgan fingerprint density at radius 2 is 1.81 bits per heavy atom. The molecule has 0 aliphatic carbocycles. The molecule has 7 nitrogen and oxygen atoms in total. The number of carbonyl (C=O) groups is 2. The Bertz CT molecular complexity index is 808. The molecule has 1 aromatic rings. The maximum Gasteiger partial charge on any atom is 0.573 e. The molecule has 1 fully saturated rings. The van der Waals surface area contributed by atoms with Crippen LogP contribution < -0.4 is 9.47 Å². The highest BCUT2D eigenvalue weighted by Crippen LogP contribution is 2.34. The highest BCUT2D eigenvalue weighted by molar-refractivity contribution is 5.85. The van der Waals surface area contributed by atoms with Crippen LogP contribution in [0.1, 0.15) is 39.2 Å². The largest absolute Gasteiger partial charge is 0.573 e. The Labute approximate surface area is 178 Å². The molecule has 2 rings (SSSR count). The molecule has 172 valence electrons. The summed E-state index contributed by atoms with van der Waals surface area (Å²) in [6, 6.07) is 3.80. The van der Waals surface area contributed by atoms with E-state index in [4.69, 9.17) is 14.6 Å². The molecule has 1 aromatic carbocycles. The normalized spacial score (nSPS) is 15.7. The number of carbonyl (C=O) groups excluding carboxylic acids is 1. The fourth-order valence-electron chi connectivity index (χ4n) is 2.94. The second-order valence-electron chi connectivity index (χ2n) is 8.15. The van der Waals surface area contributed by atoms with Gasteiger partial charge in [0.15, 0.2) is 11.5 Å². The van der Waals surface area contributed by atoms with E-state index in [0.717, 1.165) is 18.2 Å². The Balaban J connectivity index is 1.98. The average molecular weight is 445 g/mol. The zero-order valence-corrected chi connectivity index (χ0v) is 17.6. The van der Waals surface area contributed by atoms with Gasteiger partial charge >= 0.3 is 18.4 Å². The highest BCUT2D eigenvalue weighted by atomic mass is 19.4. The number of benzene rings is 1. The summed E-state index contributed by atoms with van der Waals surface area (Å²) in [7, 11) is 0. The summed E-state index contributed by atoms with van der Waals surface area (Å²) >= 11 is 0. The van der Waals surface area contributed by atoms with Gasteiger partial charge < -0.3 is 24.2 Å². The van der Waals surface area contributed by atoms with Crippen molar-refractivity contribution in [3.05, 3.63) is 29.8 Å². The number of hydrogen-bond donors (Lipinski definition) is 1. The van der Waals surface area contributed by atoms with Crippen molar-refractivity contribution in [2.24, 2.45) is 5.92 Å². The molecule has 0 spiro atoms. The standard InChI is InChI=1S/C21H26F3NO6/c1-20(2,3)31-19(28)25-10-8-15(9-11-25)13-29-16-6-4-14(5-7-18(26)27)12-17(16)30-21(22,23)24/h4-7,12,15H,8-11,13H2,1-3H3,(H,26,27)/b7-5+. The summed E-state index contributed by atoms with van der Waals surface area (Å²) in [5, 5.41) is 8.67. The lowest BCUT2D eigenvalue weighted by Crippen LogP contribution is -2.42. The number of carboxylic acids is 1. The van der Waals surface area contributed by atoms with Gasteiger partial charge in [-0.2, -0.15) is 0 Å². The van der Waals surface area contributed by atoms with Gasteiger partial charge in [-0.25, -0.2) is 9.59 Å². The molecule has 0 bridgehead atoms. The maximum absolute atomic E-state index is 12.8. The van der Waals surface area contributed by atoms with Crippen LogP contribution in [0.5, 0.6) is 11.5 Å². The third-order valence-corrected chi connectivity index (χ3v) is 4.35. The monoisotopic (exact) mass is 445 g/mol. The van der Waals surface area contributed by atoms with E-state index in [1.54, 1.807) is 25.7 Å². The van der Waals surface area contributed by atoms with E-state index in [-0.39, 0.29) is 23.8 Å². The molecule has 1 N–H and O–H groups in total. The molecule has 0 unspecified atom stereocenters. The fraction of sp³-hybridized carbons (Fsp3) is 0.524. The minimum Gasteiger partial charge on any atom is -0.489 e. The van der Waals surface area contributed by atoms with Gasteiger partial charge in [0.1, 0.15) is 5.60 Å². The first-order chi connectivity index (χ1) is 14.3. The zero-order valence-electron chi connectivity index (χ0n) is 17.6. The van der Waals surface area contributed by atoms with Crippen molar-refractivity contribution in [1.29, 1.82) is 0 Å². The van der Waals surface area contributed by atoms with Crippen molar-refractivity contribution in [3.63, 3.8) is 0 Å². The number of nitrogens with zero attached hydrogens (tertiary/aromatic N) is 1. The van der Waals surface area contributed by atoms with Crippen LogP contribution in [-0.2, 0) is 9.53 Å². The Hall–Kier alpha value is -2.91. The second-order valence-corrected chi connectivity index (χ2v) is 8.15. The van der Waals surface area contributed by atoms with Crippen LogP contribution >= 0.6 is 0 Å². The fourth-order valence-corrected chi connectivity index (χ4v) is 2.94. The van der Waals surface area contributed by atoms with Gasteiger partial charge in [0.25, 0.3) is 0 Å². The van der Waals surface area contributed by atoms with Crippen LogP contribution in [-0.4, -0.2) is 53.7 Å². The van der Waals surface area contributed by atoms with Crippen molar-refractivity contribution < 1.29 is 42.1 Å². The molecule has 0 aromatic heterocycles. The average Bonchev–Trinajstić information content (AvgIpc) is 2.63. The lowest BCUT2D eigenvalue weighted by molar-refractivity contribution is -0.275. The molecule has 1 saturated heterocycles. The van der Waals surface area contributed by atoms with Crippen LogP contribution in [0.4, 0.5) is 18.0 Å². The summed E-state index contributed by atoms with van der Waals surface area (Å²) in [6.07, 6.45) is -2.11.